The van der Waals surface area contributed by atoms with E-state index in [1.54, 1.807) is 20.4 Å². The van der Waals surface area contributed by atoms with Gasteiger partial charge in [0.15, 0.2) is 17.5 Å². The summed E-state index contributed by atoms with van der Waals surface area (Å²) < 4.78 is 13.5. The molecule has 7 nitrogen and oxygen atoms in total. The Bertz CT molecular complexity index is 710. The van der Waals surface area contributed by atoms with Crippen molar-refractivity contribution in [1.29, 1.82) is 0 Å². The van der Waals surface area contributed by atoms with Gasteiger partial charge in [-0.25, -0.2) is 4.99 Å². The second-order valence-electron chi connectivity index (χ2n) is 5.56. The summed E-state index contributed by atoms with van der Waals surface area (Å²) >= 11 is 3.51. The highest BCUT2D eigenvalue weighted by molar-refractivity contribution is 14.0. The minimum absolute atomic E-state index is 0. The highest BCUT2D eigenvalue weighted by Crippen LogP contribution is 2.36. The molecule has 1 aromatic carbocycles. The third-order valence-electron chi connectivity index (χ3n) is 3.67. The number of nitrogens with zero attached hydrogens (tertiary/aromatic N) is 3. The summed E-state index contributed by atoms with van der Waals surface area (Å²) in [5, 5.41) is 10.8. The maximum Gasteiger partial charge on any atom is 0.191 e. The summed E-state index contributed by atoms with van der Waals surface area (Å²) in [6, 6.07) is 5.86. The summed E-state index contributed by atoms with van der Waals surface area (Å²) in [5.74, 6) is 2.16. The lowest BCUT2D eigenvalue weighted by Gasteiger charge is -2.13. The number of hydrogen-bond acceptors (Lipinski definition) is 4. The van der Waals surface area contributed by atoms with Gasteiger partial charge in [-0.05, 0) is 53.0 Å². The van der Waals surface area contributed by atoms with Crippen LogP contribution < -0.4 is 20.1 Å². The number of guanidine groups is 1. The van der Waals surface area contributed by atoms with Crippen LogP contribution in [0.4, 0.5) is 0 Å². The summed E-state index contributed by atoms with van der Waals surface area (Å²) in [5.41, 5.74) is 1.03. The predicted octanol–water partition coefficient (Wildman–Crippen LogP) is 3.43. The summed E-state index contributed by atoms with van der Waals surface area (Å²) in [7, 11) is 3.25. The summed E-state index contributed by atoms with van der Waals surface area (Å²) in [4.78, 5) is 4.65. The maximum atomic E-state index is 5.38. The summed E-state index contributed by atoms with van der Waals surface area (Å²) in [6.45, 7) is 5.09. The van der Waals surface area contributed by atoms with E-state index in [2.05, 4.69) is 36.7 Å². The molecule has 150 valence electrons. The number of halogens is 2. The monoisotopic (exact) mass is 551 g/mol. The van der Waals surface area contributed by atoms with Crippen molar-refractivity contribution in [2.24, 2.45) is 4.99 Å². The van der Waals surface area contributed by atoms with E-state index in [9.17, 15) is 0 Å². The number of methoxy groups -OCH3 is 2. The van der Waals surface area contributed by atoms with E-state index in [-0.39, 0.29) is 24.0 Å². The molecular weight excluding hydrogens is 525 g/mol. The van der Waals surface area contributed by atoms with E-state index in [4.69, 9.17) is 9.47 Å². The maximum absolute atomic E-state index is 5.38. The van der Waals surface area contributed by atoms with Gasteiger partial charge in [0.1, 0.15) is 0 Å². The summed E-state index contributed by atoms with van der Waals surface area (Å²) in [6.07, 6.45) is 4.72. The molecule has 0 radical (unpaired) electrons. The Morgan fingerprint density at radius 2 is 2.07 bits per heavy atom. The topological polar surface area (TPSA) is 72.7 Å². The molecule has 1 aromatic heterocycles. The van der Waals surface area contributed by atoms with E-state index >= 15 is 0 Å². The van der Waals surface area contributed by atoms with Crippen LogP contribution in [0.25, 0.3) is 0 Å². The van der Waals surface area contributed by atoms with Crippen LogP contribution in [-0.2, 0) is 13.1 Å². The molecule has 2 N–H and O–H groups in total. The molecule has 0 unspecified atom stereocenters. The van der Waals surface area contributed by atoms with Crippen molar-refractivity contribution in [3.63, 3.8) is 0 Å². The SMILES string of the molecule is CCNC(=NCc1cc(Br)c(OC)c(OC)c1)NCCCn1cccn1.I. The van der Waals surface area contributed by atoms with E-state index in [1.165, 1.54) is 0 Å². The third kappa shape index (κ3) is 7.57. The smallest absolute Gasteiger partial charge is 0.191 e. The van der Waals surface area contributed by atoms with E-state index in [1.807, 2.05) is 36.0 Å². The normalized spacial score (nSPS) is 10.9. The van der Waals surface area contributed by atoms with Gasteiger partial charge in [0.05, 0.1) is 25.2 Å². The first kappa shape index (κ1) is 23.5. The van der Waals surface area contributed by atoms with Gasteiger partial charge in [0.25, 0.3) is 0 Å². The second kappa shape index (κ2) is 12.8. The van der Waals surface area contributed by atoms with Crippen molar-refractivity contribution in [2.45, 2.75) is 26.4 Å². The Morgan fingerprint density at radius 3 is 2.70 bits per heavy atom. The van der Waals surface area contributed by atoms with E-state index < -0.39 is 0 Å². The van der Waals surface area contributed by atoms with Crippen LogP contribution in [0.3, 0.4) is 0 Å². The largest absolute Gasteiger partial charge is 0.493 e. The number of aryl methyl sites for hydroxylation is 1. The van der Waals surface area contributed by atoms with Gasteiger partial charge in [-0.3, -0.25) is 4.68 Å². The van der Waals surface area contributed by atoms with Crippen molar-refractivity contribution >= 4 is 45.9 Å². The van der Waals surface area contributed by atoms with Crippen LogP contribution in [0.1, 0.15) is 18.9 Å². The Morgan fingerprint density at radius 1 is 1.26 bits per heavy atom. The molecule has 2 rings (SSSR count). The van der Waals surface area contributed by atoms with Crippen LogP contribution in [0.15, 0.2) is 40.1 Å². The van der Waals surface area contributed by atoms with Crippen molar-refractivity contribution < 1.29 is 9.47 Å². The van der Waals surface area contributed by atoms with Gasteiger partial charge in [0.2, 0.25) is 0 Å². The molecule has 0 aliphatic heterocycles. The van der Waals surface area contributed by atoms with Gasteiger partial charge in [-0.15, -0.1) is 24.0 Å². The second-order valence-corrected chi connectivity index (χ2v) is 6.41. The molecule has 0 atom stereocenters. The van der Waals surface area contributed by atoms with Crippen molar-refractivity contribution in [3.8, 4) is 11.5 Å². The molecule has 27 heavy (non-hydrogen) atoms. The van der Waals surface area contributed by atoms with Gasteiger partial charge in [-0.2, -0.15) is 5.10 Å². The van der Waals surface area contributed by atoms with Crippen molar-refractivity contribution in [1.82, 2.24) is 20.4 Å². The number of ether oxygens (including phenoxy) is 2. The minimum Gasteiger partial charge on any atom is -0.493 e. The average Bonchev–Trinajstić information content (AvgIpc) is 3.16. The van der Waals surface area contributed by atoms with Gasteiger partial charge < -0.3 is 20.1 Å². The van der Waals surface area contributed by atoms with Crippen LogP contribution in [0.5, 0.6) is 11.5 Å². The molecule has 0 amide bonds. The highest BCUT2D eigenvalue weighted by atomic mass is 127. The number of benzene rings is 1. The first-order chi connectivity index (χ1) is 12.7. The average molecular weight is 552 g/mol. The van der Waals surface area contributed by atoms with Crippen molar-refractivity contribution in [3.05, 3.63) is 40.6 Å². The predicted molar refractivity (Wildman–Crippen MR) is 122 cm³/mol. The number of hydrogen-bond donors (Lipinski definition) is 2. The quantitative estimate of drug-likeness (QED) is 0.216. The number of aliphatic imine (C=N–C) groups is 1. The molecule has 0 saturated heterocycles. The molecular formula is C18H27BrIN5O2. The Balaban J connectivity index is 0.00000364. The Hall–Kier alpha value is -1.49. The van der Waals surface area contributed by atoms with Crippen molar-refractivity contribution in [2.75, 3.05) is 27.3 Å². The zero-order valence-corrected chi connectivity index (χ0v) is 19.8. The zero-order chi connectivity index (χ0) is 18.8. The lowest BCUT2D eigenvalue weighted by atomic mass is 10.2. The Labute approximate surface area is 186 Å². The fourth-order valence-electron chi connectivity index (χ4n) is 2.46. The first-order valence-electron chi connectivity index (χ1n) is 8.58. The molecule has 0 saturated carbocycles. The molecule has 0 aliphatic carbocycles. The van der Waals surface area contributed by atoms with Gasteiger partial charge >= 0.3 is 0 Å². The van der Waals surface area contributed by atoms with Gasteiger partial charge in [-0.1, -0.05) is 0 Å². The lowest BCUT2D eigenvalue weighted by molar-refractivity contribution is 0.352. The number of rotatable bonds is 9. The Kier molecular flexibility index (Phi) is 11.2. The van der Waals surface area contributed by atoms with E-state index in [0.717, 1.165) is 42.1 Å². The fraction of sp³-hybridized carbons (Fsp3) is 0.444. The van der Waals surface area contributed by atoms with Crippen LogP contribution >= 0.6 is 39.9 Å². The first-order valence-corrected chi connectivity index (χ1v) is 9.37. The number of nitrogens with one attached hydrogen (secondary N) is 2. The van der Waals surface area contributed by atoms with E-state index in [0.29, 0.717) is 18.0 Å². The molecule has 2 aromatic rings. The van der Waals surface area contributed by atoms with Crippen LogP contribution in [-0.4, -0.2) is 43.0 Å². The fourth-order valence-corrected chi connectivity index (χ4v) is 3.11. The van der Waals surface area contributed by atoms with Crippen LogP contribution in [0, 0.1) is 0 Å². The molecule has 1 heterocycles. The zero-order valence-electron chi connectivity index (χ0n) is 15.9. The molecule has 0 spiro atoms. The minimum atomic E-state index is 0. The lowest BCUT2D eigenvalue weighted by Crippen LogP contribution is -2.38. The van der Waals surface area contributed by atoms with Crippen LogP contribution in [0.2, 0.25) is 0 Å². The molecule has 9 heteroatoms. The molecule has 0 fully saturated rings. The standard InChI is InChI=1S/C18H26BrN5O2.HI/c1-4-20-18(21-7-5-9-24-10-6-8-23-24)22-13-14-11-15(19)17(26-3)16(12-14)25-2;/h6,8,10-12H,4-5,7,9,13H2,1-3H3,(H2,20,21,22);1H. The third-order valence-corrected chi connectivity index (χ3v) is 4.26. The molecule has 0 bridgehead atoms. The molecule has 0 aliphatic rings. The number of aromatic nitrogens is 2. The van der Waals surface area contributed by atoms with Gasteiger partial charge in [0, 0.05) is 32.0 Å². The highest BCUT2D eigenvalue weighted by Gasteiger charge is 2.10.